The molecular weight excluding hydrogens is 719 g/mol. The molecule has 0 spiro atoms. The molecule has 8 aromatic rings. The van der Waals surface area contributed by atoms with Gasteiger partial charge in [-0.3, -0.25) is 0 Å². The molecule has 0 atom stereocenters. The quantitative estimate of drug-likeness (QED) is 0.125. The third-order valence-corrected chi connectivity index (χ3v) is 13.5. The Balaban J connectivity index is 1.23. The lowest BCUT2D eigenvalue weighted by Crippen LogP contribution is -2.20. The third-order valence-electron chi connectivity index (χ3n) is 12.3. The van der Waals surface area contributed by atoms with Gasteiger partial charge in [-0.1, -0.05) is 185 Å². The molecule has 284 valence electrons. The van der Waals surface area contributed by atoms with Gasteiger partial charge in [0, 0.05) is 48.3 Å². The fourth-order valence-electron chi connectivity index (χ4n) is 8.67. The van der Waals surface area contributed by atoms with Gasteiger partial charge in [-0.2, -0.15) is 0 Å². The molecule has 0 amide bonds. The Morgan fingerprint density at radius 1 is 0.517 bits per heavy atom. The summed E-state index contributed by atoms with van der Waals surface area (Å²) >= 11 is 1.89. The van der Waals surface area contributed by atoms with E-state index in [0.717, 1.165) is 17.8 Å². The van der Waals surface area contributed by atoms with Gasteiger partial charge in [-0.15, -0.1) is 11.3 Å². The number of nitrogens with zero attached hydrogens (tertiary/aromatic N) is 1. The molecule has 1 nitrogen and oxygen atoms in total. The summed E-state index contributed by atoms with van der Waals surface area (Å²) in [6, 6.07) is 60.6. The number of thiophene rings is 1. The highest BCUT2D eigenvalue weighted by Gasteiger charge is 2.27. The van der Waals surface area contributed by atoms with Crippen molar-refractivity contribution in [3.8, 4) is 10.4 Å². The number of rotatable bonds is 10. The molecule has 1 aromatic heterocycles. The molecule has 0 radical (unpaired) electrons. The minimum absolute atomic E-state index is 0.145. The summed E-state index contributed by atoms with van der Waals surface area (Å²) in [4.78, 5) is 5.09. The lowest BCUT2D eigenvalue weighted by Gasteiger charge is -2.32. The van der Waals surface area contributed by atoms with Crippen LogP contribution < -0.4 is 4.90 Å². The fraction of sp³-hybridized carbons (Fsp3) is 0.143. The van der Waals surface area contributed by atoms with Crippen molar-refractivity contribution in [1.82, 2.24) is 0 Å². The van der Waals surface area contributed by atoms with E-state index < -0.39 is 0 Å². The number of benzene rings is 7. The summed E-state index contributed by atoms with van der Waals surface area (Å²) in [5, 5.41) is 4.96. The van der Waals surface area contributed by atoms with Crippen LogP contribution in [0.1, 0.15) is 66.8 Å². The standard InChI is InChI=1S/C56H49NS/c1-39-38-52(58-51(39)37-28-40-18-12-13-19-40)53-47-24-14-16-26-49(47)54(50-27-17-15-25-48(50)53)57(45-33-29-43(30-34-45)55(2,3)41-20-8-6-9-21-41)46-35-31-44(32-36-46)56(4,5)42-22-10-7-11-23-42/h6-18,20-38H,19H2,1-5H3/b37-28+. The minimum Gasteiger partial charge on any atom is -0.309 e. The Morgan fingerprint density at radius 2 is 0.966 bits per heavy atom. The summed E-state index contributed by atoms with van der Waals surface area (Å²) in [6.07, 6.45) is 12.2. The molecule has 9 rings (SSSR count). The number of anilines is 3. The number of aryl methyl sites for hydroxylation is 1. The molecule has 0 saturated heterocycles. The number of hydrogen-bond donors (Lipinski definition) is 0. The summed E-state index contributed by atoms with van der Waals surface area (Å²) in [5.74, 6) is 0. The van der Waals surface area contributed by atoms with Crippen LogP contribution >= 0.6 is 11.3 Å². The van der Waals surface area contributed by atoms with E-state index in [1.165, 1.54) is 75.9 Å². The maximum atomic E-state index is 2.49. The van der Waals surface area contributed by atoms with Gasteiger partial charge >= 0.3 is 0 Å². The Hall–Kier alpha value is -6.22. The van der Waals surface area contributed by atoms with Crippen molar-refractivity contribution in [3.63, 3.8) is 0 Å². The maximum absolute atomic E-state index is 2.49. The molecule has 0 bridgehead atoms. The third kappa shape index (κ3) is 6.82. The van der Waals surface area contributed by atoms with Gasteiger partial charge < -0.3 is 4.90 Å². The predicted molar refractivity (Wildman–Crippen MR) is 252 cm³/mol. The summed E-state index contributed by atoms with van der Waals surface area (Å²) in [7, 11) is 0. The topological polar surface area (TPSA) is 3.24 Å². The fourth-order valence-corrected chi connectivity index (χ4v) is 9.82. The molecule has 0 fully saturated rings. The van der Waals surface area contributed by atoms with Crippen LogP contribution in [0.2, 0.25) is 0 Å². The number of fused-ring (bicyclic) bond motifs is 2. The van der Waals surface area contributed by atoms with Crippen molar-refractivity contribution in [2.75, 3.05) is 4.90 Å². The van der Waals surface area contributed by atoms with Gasteiger partial charge in [0.05, 0.1) is 5.69 Å². The molecule has 0 N–H and O–H groups in total. The first-order valence-electron chi connectivity index (χ1n) is 20.4. The van der Waals surface area contributed by atoms with Gasteiger partial charge in [0.25, 0.3) is 0 Å². The number of hydrogen-bond acceptors (Lipinski definition) is 2. The second-order valence-corrected chi connectivity index (χ2v) is 17.7. The minimum atomic E-state index is -0.145. The van der Waals surface area contributed by atoms with Crippen molar-refractivity contribution >= 4 is 56.0 Å². The first-order chi connectivity index (χ1) is 28.2. The van der Waals surface area contributed by atoms with E-state index in [1.54, 1.807) is 0 Å². The van der Waals surface area contributed by atoms with E-state index >= 15 is 0 Å². The van der Waals surface area contributed by atoms with Crippen LogP contribution in [-0.2, 0) is 10.8 Å². The highest BCUT2D eigenvalue weighted by molar-refractivity contribution is 7.16. The Bertz CT molecular complexity index is 2680. The zero-order chi connectivity index (χ0) is 39.9. The maximum Gasteiger partial charge on any atom is 0.0618 e. The summed E-state index contributed by atoms with van der Waals surface area (Å²) in [6.45, 7) is 11.5. The molecule has 0 saturated carbocycles. The predicted octanol–water partition coefficient (Wildman–Crippen LogP) is 16.1. The van der Waals surface area contributed by atoms with Crippen molar-refractivity contribution in [2.45, 2.75) is 51.9 Å². The highest BCUT2D eigenvalue weighted by Crippen LogP contribution is 2.50. The smallest absolute Gasteiger partial charge is 0.0618 e. The van der Waals surface area contributed by atoms with Crippen molar-refractivity contribution in [1.29, 1.82) is 0 Å². The van der Waals surface area contributed by atoms with Gasteiger partial charge in [0.15, 0.2) is 0 Å². The monoisotopic (exact) mass is 767 g/mol. The van der Waals surface area contributed by atoms with Crippen LogP contribution in [-0.4, -0.2) is 0 Å². The van der Waals surface area contributed by atoms with Crippen molar-refractivity contribution < 1.29 is 0 Å². The summed E-state index contributed by atoms with van der Waals surface area (Å²) in [5.41, 5.74) is 12.3. The zero-order valence-electron chi connectivity index (χ0n) is 34.0. The molecule has 0 unspecified atom stereocenters. The average Bonchev–Trinajstić information content (AvgIpc) is 3.93. The highest BCUT2D eigenvalue weighted by atomic mass is 32.1. The van der Waals surface area contributed by atoms with E-state index in [2.05, 4.69) is 234 Å². The normalized spacial score (nSPS) is 13.2. The van der Waals surface area contributed by atoms with E-state index in [1.807, 2.05) is 11.3 Å². The summed E-state index contributed by atoms with van der Waals surface area (Å²) < 4.78 is 0. The van der Waals surface area contributed by atoms with Gasteiger partial charge in [-0.05, 0) is 93.9 Å². The van der Waals surface area contributed by atoms with Crippen LogP contribution in [0, 0.1) is 6.92 Å². The first kappa shape index (κ1) is 37.4. The van der Waals surface area contributed by atoms with Gasteiger partial charge in [0.2, 0.25) is 0 Å². The van der Waals surface area contributed by atoms with Crippen LogP contribution in [0.3, 0.4) is 0 Å². The Labute approximate surface area is 348 Å². The lowest BCUT2D eigenvalue weighted by molar-refractivity contribution is 0.641. The molecule has 1 aliphatic rings. The molecule has 1 heterocycles. The van der Waals surface area contributed by atoms with Crippen LogP contribution in [0.15, 0.2) is 194 Å². The van der Waals surface area contributed by atoms with Crippen molar-refractivity contribution in [3.05, 3.63) is 226 Å². The second-order valence-electron chi connectivity index (χ2n) is 16.6. The first-order valence-corrected chi connectivity index (χ1v) is 21.2. The molecular formula is C56H49NS. The van der Waals surface area contributed by atoms with E-state index in [-0.39, 0.29) is 10.8 Å². The Morgan fingerprint density at radius 3 is 1.43 bits per heavy atom. The van der Waals surface area contributed by atoms with E-state index in [4.69, 9.17) is 0 Å². The lowest BCUT2D eigenvalue weighted by atomic mass is 9.78. The van der Waals surface area contributed by atoms with Crippen LogP contribution in [0.25, 0.3) is 38.1 Å². The molecule has 1 aliphatic carbocycles. The molecule has 0 aliphatic heterocycles. The van der Waals surface area contributed by atoms with E-state index in [0.29, 0.717) is 0 Å². The number of allylic oxidation sites excluding steroid dienone is 5. The average molecular weight is 768 g/mol. The van der Waals surface area contributed by atoms with Gasteiger partial charge in [-0.25, -0.2) is 0 Å². The van der Waals surface area contributed by atoms with Crippen LogP contribution in [0.4, 0.5) is 17.1 Å². The molecule has 7 aromatic carbocycles. The largest absolute Gasteiger partial charge is 0.309 e. The van der Waals surface area contributed by atoms with Crippen molar-refractivity contribution in [2.24, 2.45) is 0 Å². The van der Waals surface area contributed by atoms with Gasteiger partial charge in [0.1, 0.15) is 0 Å². The molecule has 58 heavy (non-hydrogen) atoms. The zero-order valence-corrected chi connectivity index (χ0v) is 34.9. The van der Waals surface area contributed by atoms with Crippen LogP contribution in [0.5, 0.6) is 0 Å². The SMILES string of the molecule is Cc1cc(-c2c3ccccc3c(N(c3ccc(C(C)(C)c4ccccc4)cc3)c3ccc(C(C)(C)c4ccccc4)cc3)c3ccccc23)sc1/C=C/C1=CC=CC1. The Kier molecular flexibility index (Phi) is 9.84. The molecule has 2 heteroatoms. The second kappa shape index (κ2) is 15.3. The van der Waals surface area contributed by atoms with E-state index in [9.17, 15) is 0 Å².